The molecule has 1 unspecified atom stereocenters. The van der Waals surface area contributed by atoms with E-state index in [1.807, 2.05) is 17.9 Å². The molecule has 1 atom stereocenters. The number of likely N-dealkylation sites (tertiary alicyclic amines) is 1. The summed E-state index contributed by atoms with van der Waals surface area (Å²) in [5, 5.41) is 8.06. The minimum Gasteiger partial charge on any atom is -0.425 e. The predicted molar refractivity (Wildman–Crippen MR) is 94.1 cm³/mol. The van der Waals surface area contributed by atoms with Crippen molar-refractivity contribution in [2.75, 3.05) is 13.1 Å². The molecule has 25 heavy (non-hydrogen) atoms. The van der Waals surface area contributed by atoms with Gasteiger partial charge in [-0.15, -0.1) is 10.2 Å². The summed E-state index contributed by atoms with van der Waals surface area (Å²) in [6.07, 6.45) is 4.97. The third-order valence-electron chi connectivity index (χ3n) is 5.55. The molecule has 1 saturated heterocycles. The fourth-order valence-corrected chi connectivity index (χ4v) is 3.93. The molecule has 0 N–H and O–H groups in total. The maximum Gasteiger partial charge on any atom is 0.223 e. The van der Waals surface area contributed by atoms with E-state index >= 15 is 0 Å². The molecule has 4 rings (SSSR count). The molecule has 1 aliphatic heterocycles. The molecule has 1 aromatic carbocycles. The minimum absolute atomic E-state index is 0.290. The second-order valence-corrected chi connectivity index (χ2v) is 7.37. The average Bonchev–Trinajstić information content (AvgIpc) is 3.40. The average molecular weight is 339 g/mol. The van der Waals surface area contributed by atoms with Crippen molar-refractivity contribution in [2.24, 2.45) is 5.92 Å². The van der Waals surface area contributed by atoms with Crippen molar-refractivity contribution in [3.63, 3.8) is 0 Å². The number of benzene rings is 1. The van der Waals surface area contributed by atoms with Crippen LogP contribution in [0.25, 0.3) is 0 Å². The lowest BCUT2D eigenvalue weighted by Gasteiger charge is -2.31. The molecular weight excluding hydrogens is 314 g/mol. The standard InChI is InChI=1S/C20H25N3O2/c1-14-21-22-20(25-14)17-9-11-23(12-10-17)19(24)13-18(16-7-8-16)15-5-3-2-4-6-15/h2-6,16-18H,7-13H2,1H3. The maximum atomic E-state index is 12.8. The van der Waals surface area contributed by atoms with Crippen molar-refractivity contribution in [2.45, 2.75) is 50.9 Å². The number of rotatable bonds is 5. The van der Waals surface area contributed by atoms with Crippen molar-refractivity contribution in [3.8, 4) is 0 Å². The third-order valence-corrected chi connectivity index (χ3v) is 5.55. The van der Waals surface area contributed by atoms with E-state index in [4.69, 9.17) is 4.42 Å². The SMILES string of the molecule is Cc1nnc(C2CCN(C(=O)CC(c3ccccc3)C3CC3)CC2)o1. The number of piperidine rings is 1. The largest absolute Gasteiger partial charge is 0.425 e. The zero-order valence-electron chi connectivity index (χ0n) is 14.7. The lowest BCUT2D eigenvalue weighted by atomic mass is 9.89. The summed E-state index contributed by atoms with van der Waals surface area (Å²) >= 11 is 0. The van der Waals surface area contributed by atoms with Crippen LogP contribution < -0.4 is 0 Å². The van der Waals surface area contributed by atoms with Crippen LogP contribution in [0.3, 0.4) is 0 Å². The summed E-state index contributed by atoms with van der Waals surface area (Å²) in [6.45, 7) is 3.39. The second kappa shape index (κ2) is 6.98. The topological polar surface area (TPSA) is 59.2 Å². The monoisotopic (exact) mass is 339 g/mol. The first-order chi connectivity index (χ1) is 12.2. The van der Waals surface area contributed by atoms with Gasteiger partial charge in [0.15, 0.2) is 0 Å². The van der Waals surface area contributed by atoms with Crippen LogP contribution in [0.15, 0.2) is 34.7 Å². The van der Waals surface area contributed by atoms with Gasteiger partial charge >= 0.3 is 0 Å². The van der Waals surface area contributed by atoms with Crippen LogP contribution in [0.4, 0.5) is 0 Å². The predicted octanol–water partition coefficient (Wildman–Crippen LogP) is 3.67. The quantitative estimate of drug-likeness (QED) is 0.834. The van der Waals surface area contributed by atoms with Crippen LogP contribution in [-0.2, 0) is 4.79 Å². The first-order valence-electron chi connectivity index (χ1n) is 9.33. The summed E-state index contributed by atoms with van der Waals surface area (Å²) < 4.78 is 5.56. The van der Waals surface area contributed by atoms with E-state index < -0.39 is 0 Å². The molecule has 132 valence electrons. The first-order valence-corrected chi connectivity index (χ1v) is 9.33. The van der Waals surface area contributed by atoms with Gasteiger partial charge in [-0.25, -0.2) is 0 Å². The van der Waals surface area contributed by atoms with E-state index in [1.165, 1.54) is 18.4 Å². The Hall–Kier alpha value is -2.17. The number of nitrogens with zero attached hydrogens (tertiary/aromatic N) is 3. The zero-order valence-corrected chi connectivity index (χ0v) is 14.7. The van der Waals surface area contributed by atoms with Gasteiger partial charge in [-0.05, 0) is 43.1 Å². The van der Waals surface area contributed by atoms with Gasteiger partial charge in [0, 0.05) is 32.4 Å². The van der Waals surface area contributed by atoms with Crippen molar-refractivity contribution in [1.82, 2.24) is 15.1 Å². The van der Waals surface area contributed by atoms with Crippen LogP contribution in [-0.4, -0.2) is 34.1 Å². The summed E-state index contributed by atoms with van der Waals surface area (Å²) in [5.74, 6) is 2.99. The van der Waals surface area contributed by atoms with Gasteiger partial charge in [-0.2, -0.15) is 0 Å². The van der Waals surface area contributed by atoms with Gasteiger partial charge in [0.05, 0.1) is 0 Å². The van der Waals surface area contributed by atoms with Gasteiger partial charge in [0.2, 0.25) is 17.7 Å². The molecule has 1 aliphatic carbocycles. The summed E-state index contributed by atoms with van der Waals surface area (Å²) in [4.78, 5) is 14.9. The molecule has 0 radical (unpaired) electrons. The molecule has 2 aromatic rings. The highest BCUT2D eigenvalue weighted by Crippen LogP contribution is 2.44. The van der Waals surface area contributed by atoms with E-state index in [2.05, 4.69) is 34.5 Å². The summed E-state index contributed by atoms with van der Waals surface area (Å²) in [5.41, 5.74) is 1.31. The van der Waals surface area contributed by atoms with E-state index in [0.717, 1.165) is 31.8 Å². The molecular formula is C20H25N3O2. The van der Waals surface area contributed by atoms with Gasteiger partial charge in [0.1, 0.15) is 0 Å². The molecule has 1 saturated carbocycles. The van der Waals surface area contributed by atoms with Crippen LogP contribution in [0, 0.1) is 12.8 Å². The van der Waals surface area contributed by atoms with Crippen molar-refractivity contribution >= 4 is 5.91 Å². The second-order valence-electron chi connectivity index (χ2n) is 7.37. The maximum absolute atomic E-state index is 12.8. The van der Waals surface area contributed by atoms with Gasteiger partial charge in [0.25, 0.3) is 0 Å². The third kappa shape index (κ3) is 3.75. The van der Waals surface area contributed by atoms with E-state index in [1.54, 1.807) is 0 Å². The van der Waals surface area contributed by atoms with Crippen LogP contribution >= 0.6 is 0 Å². The molecule has 2 heterocycles. The smallest absolute Gasteiger partial charge is 0.223 e. The Labute approximate surface area is 148 Å². The number of carbonyl (C=O) groups is 1. The number of carbonyl (C=O) groups excluding carboxylic acids is 1. The fourth-order valence-electron chi connectivity index (χ4n) is 3.93. The summed E-state index contributed by atoms with van der Waals surface area (Å²) in [6, 6.07) is 10.5. The summed E-state index contributed by atoms with van der Waals surface area (Å²) in [7, 11) is 0. The Morgan fingerprint density at radius 3 is 2.48 bits per heavy atom. The number of aryl methyl sites for hydroxylation is 1. The molecule has 5 nitrogen and oxygen atoms in total. The number of hydrogen-bond acceptors (Lipinski definition) is 4. The minimum atomic E-state index is 0.290. The zero-order chi connectivity index (χ0) is 17.2. The molecule has 2 fully saturated rings. The van der Waals surface area contributed by atoms with Gasteiger partial charge in [-0.3, -0.25) is 4.79 Å². The normalized spacial score (nSPS) is 19.8. The number of amides is 1. The van der Waals surface area contributed by atoms with Crippen LogP contribution in [0.5, 0.6) is 0 Å². The number of aromatic nitrogens is 2. The van der Waals surface area contributed by atoms with E-state index in [9.17, 15) is 4.79 Å². The Morgan fingerprint density at radius 1 is 1.16 bits per heavy atom. The van der Waals surface area contributed by atoms with Crippen molar-refractivity contribution in [3.05, 3.63) is 47.7 Å². The Bertz CT molecular complexity index is 716. The lowest BCUT2D eigenvalue weighted by Crippen LogP contribution is -2.38. The molecule has 0 spiro atoms. The molecule has 2 aliphatic rings. The molecule has 1 aromatic heterocycles. The van der Waals surface area contributed by atoms with Crippen LogP contribution in [0.1, 0.15) is 61.3 Å². The van der Waals surface area contributed by atoms with Gasteiger partial charge < -0.3 is 9.32 Å². The highest BCUT2D eigenvalue weighted by Gasteiger charge is 2.35. The van der Waals surface area contributed by atoms with Crippen LogP contribution in [0.2, 0.25) is 0 Å². The molecule has 0 bridgehead atoms. The van der Waals surface area contributed by atoms with Crippen molar-refractivity contribution < 1.29 is 9.21 Å². The van der Waals surface area contributed by atoms with Gasteiger partial charge in [-0.1, -0.05) is 30.3 Å². The highest BCUT2D eigenvalue weighted by atomic mass is 16.4. The van der Waals surface area contributed by atoms with E-state index in [-0.39, 0.29) is 0 Å². The Balaban J connectivity index is 1.35. The first kappa shape index (κ1) is 16.3. The fraction of sp³-hybridized carbons (Fsp3) is 0.550. The Kier molecular flexibility index (Phi) is 4.55. The van der Waals surface area contributed by atoms with Crippen molar-refractivity contribution in [1.29, 1.82) is 0 Å². The molecule has 1 amide bonds. The molecule has 5 heteroatoms. The van der Waals surface area contributed by atoms with E-state index in [0.29, 0.717) is 36.0 Å². The highest BCUT2D eigenvalue weighted by molar-refractivity contribution is 5.77. The Morgan fingerprint density at radius 2 is 1.88 bits per heavy atom. The lowest BCUT2D eigenvalue weighted by molar-refractivity contribution is -0.132. The number of hydrogen-bond donors (Lipinski definition) is 0.